The summed E-state index contributed by atoms with van der Waals surface area (Å²) in [4.78, 5) is 26.4. The molecule has 1 N–H and O–H groups in total. The standard InChI is InChI=1S/C19H24FNO4/c1-5-14(20)16(22)15(12(2)3)17(23)21-18(24)25-11-19(21,4)13-9-7-6-8-10-13/h5-10,12,15-16,22H,11H2,1-4H3/t15?,16-,19?/m1/s1. The second kappa shape index (κ2) is 7.35. The van der Waals surface area contributed by atoms with Crippen LogP contribution in [-0.2, 0) is 15.1 Å². The zero-order chi connectivity index (χ0) is 18.8. The molecule has 1 aliphatic rings. The van der Waals surface area contributed by atoms with E-state index in [2.05, 4.69) is 0 Å². The van der Waals surface area contributed by atoms with Crippen LogP contribution in [0.2, 0.25) is 0 Å². The Kier molecular flexibility index (Phi) is 5.62. The van der Waals surface area contributed by atoms with Gasteiger partial charge in [0.2, 0.25) is 5.91 Å². The quantitative estimate of drug-likeness (QED) is 0.885. The van der Waals surface area contributed by atoms with Crippen molar-refractivity contribution in [3.63, 3.8) is 0 Å². The van der Waals surface area contributed by atoms with Gasteiger partial charge in [-0.15, -0.1) is 0 Å². The SMILES string of the molecule is CC=C(F)[C@@H](O)C(C(=O)N1C(=O)OCC1(C)c1ccccc1)C(C)C. The predicted molar refractivity (Wildman–Crippen MR) is 91.2 cm³/mol. The molecule has 25 heavy (non-hydrogen) atoms. The highest BCUT2D eigenvalue weighted by Crippen LogP contribution is 2.37. The van der Waals surface area contributed by atoms with Crippen LogP contribution in [-0.4, -0.2) is 34.7 Å². The van der Waals surface area contributed by atoms with Gasteiger partial charge in [0.05, 0.1) is 5.92 Å². The highest BCUT2D eigenvalue weighted by Gasteiger charge is 2.52. The number of hydrogen-bond donors (Lipinski definition) is 1. The van der Waals surface area contributed by atoms with E-state index in [4.69, 9.17) is 4.74 Å². The fourth-order valence-corrected chi connectivity index (χ4v) is 3.15. The molecule has 1 aliphatic heterocycles. The molecule has 2 amide bonds. The van der Waals surface area contributed by atoms with Gasteiger partial charge in [0.1, 0.15) is 24.1 Å². The molecule has 5 nitrogen and oxygen atoms in total. The van der Waals surface area contributed by atoms with Crippen molar-refractivity contribution in [1.82, 2.24) is 4.90 Å². The van der Waals surface area contributed by atoms with Crippen LogP contribution < -0.4 is 0 Å². The number of aliphatic hydroxyl groups excluding tert-OH is 1. The smallest absolute Gasteiger partial charge is 0.417 e. The van der Waals surface area contributed by atoms with Crippen LogP contribution in [0.5, 0.6) is 0 Å². The molecule has 1 aromatic rings. The van der Waals surface area contributed by atoms with Crippen LogP contribution in [0.25, 0.3) is 0 Å². The van der Waals surface area contributed by atoms with E-state index in [-0.39, 0.29) is 12.5 Å². The largest absolute Gasteiger partial charge is 0.446 e. The van der Waals surface area contributed by atoms with Gasteiger partial charge >= 0.3 is 6.09 Å². The molecule has 0 aliphatic carbocycles. The third-order valence-electron chi connectivity index (χ3n) is 4.67. The van der Waals surface area contributed by atoms with Gasteiger partial charge in [-0.2, -0.15) is 0 Å². The van der Waals surface area contributed by atoms with Gasteiger partial charge in [0, 0.05) is 0 Å². The molecular weight excluding hydrogens is 325 g/mol. The first-order chi connectivity index (χ1) is 11.7. The second-order valence-electron chi connectivity index (χ2n) is 6.76. The minimum atomic E-state index is -1.61. The third-order valence-corrected chi connectivity index (χ3v) is 4.67. The average molecular weight is 349 g/mol. The monoisotopic (exact) mass is 349 g/mol. The molecular formula is C19H24FNO4. The summed E-state index contributed by atoms with van der Waals surface area (Å²) in [5, 5.41) is 10.3. The van der Waals surface area contributed by atoms with Crippen LogP contribution in [0.4, 0.5) is 9.18 Å². The van der Waals surface area contributed by atoms with Crippen molar-refractivity contribution in [2.24, 2.45) is 11.8 Å². The molecule has 1 saturated heterocycles. The Balaban J connectivity index is 2.44. The van der Waals surface area contributed by atoms with Gasteiger partial charge in [0.25, 0.3) is 0 Å². The number of carbonyl (C=O) groups excluding carboxylic acids is 2. The van der Waals surface area contributed by atoms with E-state index >= 15 is 0 Å². The normalized spacial score (nSPS) is 23.6. The molecule has 0 aromatic heterocycles. The van der Waals surface area contributed by atoms with E-state index in [1.807, 2.05) is 6.07 Å². The molecule has 1 heterocycles. The molecule has 1 aromatic carbocycles. The first-order valence-corrected chi connectivity index (χ1v) is 8.30. The van der Waals surface area contributed by atoms with E-state index in [1.54, 1.807) is 45.0 Å². The number of allylic oxidation sites excluding steroid dienone is 1. The molecule has 3 atom stereocenters. The van der Waals surface area contributed by atoms with E-state index in [1.165, 1.54) is 6.92 Å². The van der Waals surface area contributed by atoms with Crippen molar-refractivity contribution in [1.29, 1.82) is 0 Å². The van der Waals surface area contributed by atoms with Crippen molar-refractivity contribution in [2.75, 3.05) is 6.61 Å². The number of cyclic esters (lactones) is 1. The summed E-state index contributed by atoms with van der Waals surface area (Å²) in [6, 6.07) is 9.05. The number of aliphatic hydroxyl groups is 1. The fraction of sp³-hybridized carbons (Fsp3) is 0.474. The van der Waals surface area contributed by atoms with Crippen molar-refractivity contribution >= 4 is 12.0 Å². The minimum absolute atomic E-state index is 0.00853. The Morgan fingerprint density at radius 2 is 1.96 bits per heavy atom. The molecule has 0 spiro atoms. The van der Waals surface area contributed by atoms with Crippen molar-refractivity contribution in [3.05, 3.63) is 47.8 Å². The van der Waals surface area contributed by atoms with Crippen LogP contribution in [0, 0.1) is 11.8 Å². The zero-order valence-corrected chi connectivity index (χ0v) is 14.9. The molecule has 6 heteroatoms. The number of imide groups is 1. The van der Waals surface area contributed by atoms with Crippen LogP contribution >= 0.6 is 0 Å². The number of ether oxygens (including phenoxy) is 1. The van der Waals surface area contributed by atoms with E-state index in [0.29, 0.717) is 0 Å². The number of carbonyl (C=O) groups is 2. The summed E-state index contributed by atoms with van der Waals surface area (Å²) in [5.74, 6) is -2.90. The number of hydrogen-bond acceptors (Lipinski definition) is 4. The molecule has 2 unspecified atom stereocenters. The van der Waals surface area contributed by atoms with Gasteiger partial charge in [-0.05, 0) is 25.3 Å². The summed E-state index contributed by atoms with van der Waals surface area (Å²) >= 11 is 0. The first-order valence-electron chi connectivity index (χ1n) is 8.30. The Hall–Kier alpha value is -2.21. The summed E-state index contributed by atoms with van der Waals surface area (Å²) in [7, 11) is 0. The number of halogens is 1. The maximum Gasteiger partial charge on any atom is 0.417 e. The number of amides is 2. The van der Waals surface area contributed by atoms with Gasteiger partial charge in [0.15, 0.2) is 0 Å². The Morgan fingerprint density at radius 3 is 2.48 bits per heavy atom. The number of rotatable bonds is 5. The van der Waals surface area contributed by atoms with Gasteiger partial charge in [-0.3, -0.25) is 4.79 Å². The highest BCUT2D eigenvalue weighted by atomic mass is 19.1. The maximum absolute atomic E-state index is 13.9. The van der Waals surface area contributed by atoms with Gasteiger partial charge in [-0.1, -0.05) is 50.3 Å². The zero-order valence-electron chi connectivity index (χ0n) is 14.9. The summed E-state index contributed by atoms with van der Waals surface area (Å²) in [5.41, 5.74) is -0.271. The molecule has 1 fully saturated rings. The van der Waals surface area contributed by atoms with Gasteiger partial charge < -0.3 is 9.84 Å². The van der Waals surface area contributed by atoms with Crippen molar-refractivity contribution in [2.45, 2.75) is 39.3 Å². The van der Waals surface area contributed by atoms with Crippen molar-refractivity contribution < 1.29 is 23.8 Å². The summed E-state index contributed by atoms with van der Waals surface area (Å²) in [6.45, 7) is 6.58. The lowest BCUT2D eigenvalue weighted by atomic mass is 9.85. The van der Waals surface area contributed by atoms with Crippen LogP contribution in [0.3, 0.4) is 0 Å². The van der Waals surface area contributed by atoms with E-state index in [0.717, 1.165) is 16.5 Å². The van der Waals surface area contributed by atoms with Gasteiger partial charge in [-0.25, -0.2) is 14.1 Å². The fourth-order valence-electron chi connectivity index (χ4n) is 3.15. The lowest BCUT2D eigenvalue weighted by molar-refractivity contribution is -0.141. The van der Waals surface area contributed by atoms with Crippen LogP contribution in [0.1, 0.15) is 33.3 Å². The lowest BCUT2D eigenvalue weighted by Crippen LogP contribution is -2.51. The molecule has 136 valence electrons. The Labute approximate surface area is 147 Å². The third kappa shape index (κ3) is 3.44. The summed E-state index contributed by atoms with van der Waals surface area (Å²) in [6.07, 6.45) is -1.27. The molecule has 2 rings (SSSR count). The first kappa shape index (κ1) is 19.1. The predicted octanol–water partition coefficient (Wildman–Crippen LogP) is 3.39. The summed E-state index contributed by atoms with van der Waals surface area (Å²) < 4.78 is 19.0. The topological polar surface area (TPSA) is 66.8 Å². The average Bonchev–Trinajstić information content (AvgIpc) is 2.90. The lowest BCUT2D eigenvalue weighted by Gasteiger charge is -2.35. The van der Waals surface area contributed by atoms with E-state index in [9.17, 15) is 19.1 Å². The molecule has 0 bridgehead atoms. The molecule has 0 radical (unpaired) electrons. The highest BCUT2D eigenvalue weighted by molar-refractivity contribution is 5.96. The Bertz CT molecular complexity index is 673. The van der Waals surface area contributed by atoms with E-state index < -0.39 is 35.4 Å². The van der Waals surface area contributed by atoms with Crippen molar-refractivity contribution in [3.8, 4) is 0 Å². The molecule has 0 saturated carbocycles. The number of benzene rings is 1. The Morgan fingerprint density at radius 1 is 1.36 bits per heavy atom. The van der Waals surface area contributed by atoms with Crippen LogP contribution in [0.15, 0.2) is 42.2 Å². The second-order valence-corrected chi connectivity index (χ2v) is 6.76. The number of nitrogens with zero attached hydrogens (tertiary/aromatic N) is 1. The minimum Gasteiger partial charge on any atom is -0.446 e. The maximum atomic E-state index is 13.9.